The predicted molar refractivity (Wildman–Crippen MR) is 72.4 cm³/mol. The zero-order valence-corrected chi connectivity index (χ0v) is 10.3. The first-order valence-electron chi connectivity index (χ1n) is 5.32. The van der Waals surface area contributed by atoms with E-state index in [9.17, 15) is 0 Å². The van der Waals surface area contributed by atoms with Crippen LogP contribution in [0.2, 0.25) is 0 Å². The first-order valence-corrected chi connectivity index (χ1v) is 6.32. The molecule has 0 unspecified atom stereocenters. The molecule has 0 aliphatic carbocycles. The SMILES string of the molecule is C(#Cc1ccccc1)[Si]C#Cc1ccccc1. The van der Waals surface area contributed by atoms with Gasteiger partial charge in [-0.25, -0.2) is 0 Å². The monoisotopic (exact) mass is 230 g/mol. The third kappa shape index (κ3) is 4.03. The molecule has 0 aromatic heterocycles. The second-order valence-electron chi connectivity index (χ2n) is 3.36. The Balaban J connectivity index is 1.93. The molecule has 0 amide bonds. The standard InChI is InChI=1S/C16H10Si/c1-3-7-15(8-4-1)11-13-17-14-12-16-9-5-2-6-10-16/h1-10H. The Morgan fingerprint density at radius 2 is 1.00 bits per heavy atom. The molecule has 0 aliphatic heterocycles. The van der Waals surface area contributed by atoms with Crippen LogP contribution in [0.3, 0.4) is 0 Å². The molecule has 0 N–H and O–H groups in total. The third-order valence-electron chi connectivity index (χ3n) is 2.09. The lowest BCUT2D eigenvalue weighted by Gasteiger charge is -1.85. The molecule has 17 heavy (non-hydrogen) atoms. The van der Waals surface area contributed by atoms with Gasteiger partial charge in [0.15, 0.2) is 0 Å². The van der Waals surface area contributed by atoms with Gasteiger partial charge in [0.2, 0.25) is 0 Å². The van der Waals surface area contributed by atoms with E-state index in [0.717, 1.165) is 11.1 Å². The van der Waals surface area contributed by atoms with E-state index in [0.29, 0.717) is 9.52 Å². The number of hydrogen-bond donors (Lipinski definition) is 0. The van der Waals surface area contributed by atoms with Crippen LogP contribution in [0, 0.1) is 22.9 Å². The number of rotatable bonds is 0. The van der Waals surface area contributed by atoms with Gasteiger partial charge in [-0.3, -0.25) is 0 Å². The molecule has 2 radical (unpaired) electrons. The number of benzene rings is 2. The molecule has 0 atom stereocenters. The van der Waals surface area contributed by atoms with Gasteiger partial charge in [-0.05, 0) is 24.3 Å². The van der Waals surface area contributed by atoms with Crippen molar-refractivity contribution in [2.24, 2.45) is 0 Å². The Labute approximate surface area is 105 Å². The quantitative estimate of drug-likeness (QED) is 0.482. The first kappa shape index (κ1) is 11.3. The van der Waals surface area contributed by atoms with Crippen molar-refractivity contribution in [2.45, 2.75) is 0 Å². The average molecular weight is 230 g/mol. The highest BCUT2D eigenvalue weighted by Gasteiger charge is 1.82. The zero-order chi connectivity index (χ0) is 11.8. The van der Waals surface area contributed by atoms with Gasteiger partial charge in [0.05, 0.1) is 0 Å². The molecule has 0 spiro atoms. The minimum atomic E-state index is 0.361. The van der Waals surface area contributed by atoms with Crippen LogP contribution in [-0.4, -0.2) is 9.52 Å². The predicted octanol–water partition coefficient (Wildman–Crippen LogP) is 2.71. The van der Waals surface area contributed by atoms with E-state index >= 15 is 0 Å². The lowest BCUT2D eigenvalue weighted by molar-refractivity contribution is 1.65. The van der Waals surface area contributed by atoms with Gasteiger partial charge in [0.1, 0.15) is 0 Å². The van der Waals surface area contributed by atoms with E-state index in [1.54, 1.807) is 0 Å². The normalized spacial score (nSPS) is 8.47. The fraction of sp³-hybridized carbons (Fsp3) is 0. The summed E-state index contributed by atoms with van der Waals surface area (Å²) in [7, 11) is 0.361. The molecular formula is C16H10Si. The molecule has 0 nitrogen and oxygen atoms in total. The van der Waals surface area contributed by atoms with Gasteiger partial charge < -0.3 is 0 Å². The third-order valence-corrected chi connectivity index (χ3v) is 2.59. The smallest absolute Gasteiger partial charge is 0.112 e. The Morgan fingerprint density at radius 3 is 1.41 bits per heavy atom. The summed E-state index contributed by atoms with van der Waals surface area (Å²) in [6.45, 7) is 0. The fourth-order valence-corrected chi connectivity index (χ4v) is 1.76. The summed E-state index contributed by atoms with van der Waals surface area (Å²) in [5.41, 5.74) is 8.24. The molecule has 2 aromatic carbocycles. The van der Waals surface area contributed by atoms with Gasteiger partial charge >= 0.3 is 0 Å². The van der Waals surface area contributed by atoms with Crippen LogP contribution in [0.1, 0.15) is 11.1 Å². The van der Waals surface area contributed by atoms with Gasteiger partial charge in [-0.2, -0.15) is 0 Å². The summed E-state index contributed by atoms with van der Waals surface area (Å²) < 4.78 is 0. The van der Waals surface area contributed by atoms with Crippen molar-refractivity contribution in [1.29, 1.82) is 0 Å². The van der Waals surface area contributed by atoms with E-state index < -0.39 is 0 Å². The van der Waals surface area contributed by atoms with Crippen molar-refractivity contribution in [2.75, 3.05) is 0 Å². The van der Waals surface area contributed by atoms with Crippen molar-refractivity contribution >= 4 is 9.52 Å². The first-order chi connectivity index (χ1) is 8.45. The van der Waals surface area contributed by atoms with Crippen LogP contribution in [0.15, 0.2) is 60.7 Å². The van der Waals surface area contributed by atoms with Gasteiger partial charge in [0.25, 0.3) is 9.52 Å². The lowest BCUT2D eigenvalue weighted by atomic mass is 10.2. The van der Waals surface area contributed by atoms with Crippen LogP contribution in [0.4, 0.5) is 0 Å². The molecule has 78 valence electrons. The number of hydrogen-bond acceptors (Lipinski definition) is 0. The second-order valence-corrected chi connectivity index (χ2v) is 4.11. The van der Waals surface area contributed by atoms with Crippen LogP contribution in [0.25, 0.3) is 0 Å². The van der Waals surface area contributed by atoms with E-state index in [-0.39, 0.29) is 0 Å². The van der Waals surface area contributed by atoms with E-state index in [1.165, 1.54) is 0 Å². The average Bonchev–Trinajstić information content (AvgIpc) is 2.41. The molecule has 2 rings (SSSR count). The highest BCUT2D eigenvalue weighted by Crippen LogP contribution is 1.95. The fourth-order valence-electron chi connectivity index (χ4n) is 1.28. The minimum Gasteiger partial charge on any atom is -0.112 e. The summed E-state index contributed by atoms with van der Waals surface area (Å²) in [5, 5.41) is 0. The topological polar surface area (TPSA) is 0 Å². The second kappa shape index (κ2) is 6.38. The summed E-state index contributed by atoms with van der Waals surface area (Å²) in [5.74, 6) is 6.18. The van der Waals surface area contributed by atoms with Crippen molar-refractivity contribution in [1.82, 2.24) is 0 Å². The largest absolute Gasteiger partial charge is 0.250 e. The molecule has 0 fully saturated rings. The Morgan fingerprint density at radius 1 is 0.588 bits per heavy atom. The highest BCUT2D eigenvalue weighted by atomic mass is 28.2. The van der Waals surface area contributed by atoms with Gasteiger partial charge in [-0.15, -0.1) is 11.1 Å². The van der Waals surface area contributed by atoms with E-state index in [1.807, 2.05) is 60.7 Å². The summed E-state index contributed by atoms with van der Waals surface area (Å²) >= 11 is 0. The molecule has 0 aliphatic rings. The maximum atomic E-state index is 3.09. The zero-order valence-electron chi connectivity index (χ0n) is 9.27. The maximum absolute atomic E-state index is 3.09. The Hall–Kier alpha value is -2.22. The molecule has 0 saturated heterocycles. The van der Waals surface area contributed by atoms with E-state index in [2.05, 4.69) is 22.9 Å². The lowest BCUT2D eigenvalue weighted by Crippen LogP contribution is -1.80. The molecule has 0 heterocycles. The molecule has 1 heteroatoms. The van der Waals surface area contributed by atoms with E-state index in [4.69, 9.17) is 0 Å². The molecular weight excluding hydrogens is 220 g/mol. The van der Waals surface area contributed by atoms with Crippen molar-refractivity contribution in [3.05, 3.63) is 71.8 Å². The Bertz CT molecular complexity index is 522. The van der Waals surface area contributed by atoms with Gasteiger partial charge in [-0.1, -0.05) is 48.2 Å². The maximum Gasteiger partial charge on any atom is 0.250 e. The Kier molecular flexibility index (Phi) is 4.23. The highest BCUT2D eigenvalue weighted by molar-refractivity contribution is 6.55. The van der Waals surface area contributed by atoms with Crippen molar-refractivity contribution in [3.63, 3.8) is 0 Å². The molecule has 2 aromatic rings. The van der Waals surface area contributed by atoms with Crippen LogP contribution >= 0.6 is 0 Å². The molecule has 0 bridgehead atoms. The van der Waals surface area contributed by atoms with Crippen molar-refractivity contribution < 1.29 is 0 Å². The van der Waals surface area contributed by atoms with Crippen LogP contribution < -0.4 is 0 Å². The van der Waals surface area contributed by atoms with Crippen LogP contribution in [-0.2, 0) is 0 Å². The summed E-state index contributed by atoms with van der Waals surface area (Å²) in [4.78, 5) is 0. The van der Waals surface area contributed by atoms with Crippen molar-refractivity contribution in [3.8, 4) is 22.9 Å². The molecule has 0 saturated carbocycles. The minimum absolute atomic E-state index is 0.361. The summed E-state index contributed by atoms with van der Waals surface area (Å²) in [6.07, 6.45) is 0. The van der Waals surface area contributed by atoms with Gasteiger partial charge in [0, 0.05) is 11.1 Å². The summed E-state index contributed by atoms with van der Waals surface area (Å²) in [6, 6.07) is 19.9. The van der Waals surface area contributed by atoms with Crippen LogP contribution in [0.5, 0.6) is 0 Å².